The van der Waals surface area contributed by atoms with Crippen LogP contribution in [0.25, 0.3) is 0 Å². The maximum absolute atomic E-state index is 10.7. The second kappa shape index (κ2) is 7.48. The summed E-state index contributed by atoms with van der Waals surface area (Å²) >= 11 is 1.55. The van der Waals surface area contributed by atoms with Gasteiger partial charge in [0.05, 0.1) is 18.8 Å². The quantitative estimate of drug-likeness (QED) is 0.908. The van der Waals surface area contributed by atoms with Crippen LogP contribution in [0.5, 0.6) is 0 Å². The summed E-state index contributed by atoms with van der Waals surface area (Å²) in [6.07, 6.45) is -1.35. The zero-order valence-electron chi connectivity index (χ0n) is 14.0. The van der Waals surface area contributed by atoms with Gasteiger partial charge in [-0.3, -0.25) is 0 Å². The Labute approximate surface area is 152 Å². The molecule has 0 radical (unpaired) electrons. The number of hydrogen-bond acceptors (Lipinski definition) is 5. The monoisotopic (exact) mass is 358 g/mol. The van der Waals surface area contributed by atoms with Gasteiger partial charge in [0.2, 0.25) is 0 Å². The average molecular weight is 358 g/mol. The lowest BCUT2D eigenvalue weighted by molar-refractivity contribution is -0.307. The third-order valence-electron chi connectivity index (χ3n) is 4.77. The highest BCUT2D eigenvalue weighted by molar-refractivity contribution is 7.99. The van der Waals surface area contributed by atoms with E-state index in [1.807, 2.05) is 67.6 Å². The van der Waals surface area contributed by atoms with Crippen molar-refractivity contribution in [2.45, 2.75) is 41.9 Å². The molecule has 5 heteroatoms. The molecule has 2 aromatic rings. The van der Waals surface area contributed by atoms with Crippen LogP contribution in [0.15, 0.2) is 65.6 Å². The van der Waals surface area contributed by atoms with Gasteiger partial charge in [0.1, 0.15) is 11.5 Å². The molecule has 0 aromatic heterocycles. The molecule has 2 fully saturated rings. The van der Waals surface area contributed by atoms with Crippen molar-refractivity contribution in [1.29, 1.82) is 0 Å². The molecule has 0 amide bonds. The average Bonchev–Trinajstić information content (AvgIpc) is 2.67. The lowest BCUT2D eigenvalue weighted by atomic mass is 9.91. The fraction of sp³-hybridized carbons (Fsp3) is 0.400. The molecule has 132 valence electrons. The molecule has 0 saturated carbocycles. The Balaban J connectivity index is 1.46. The minimum absolute atomic E-state index is 0.0323. The molecule has 4 nitrogen and oxygen atoms in total. The Hall–Kier alpha value is -1.37. The Bertz CT molecular complexity index is 679. The Morgan fingerprint density at radius 1 is 0.960 bits per heavy atom. The summed E-state index contributed by atoms with van der Waals surface area (Å²) < 4.78 is 18.1. The standard InChI is InChI=1S/C20H22O4S/c1-13-17(21)20(25-15-10-6-3-7-11-15)23-16-12-22-19(24-18(13)16)14-8-4-2-5-9-14/h2-11,13,16-21H,12H2,1H3/t13-,16?,17?,18-,19?,20+/m1/s1. The van der Waals surface area contributed by atoms with Crippen molar-refractivity contribution in [3.05, 3.63) is 66.2 Å². The van der Waals surface area contributed by atoms with Crippen molar-refractivity contribution in [3.8, 4) is 0 Å². The van der Waals surface area contributed by atoms with Gasteiger partial charge in [0, 0.05) is 16.4 Å². The lowest BCUT2D eigenvalue weighted by Crippen LogP contribution is -2.57. The molecule has 1 N–H and O–H groups in total. The van der Waals surface area contributed by atoms with E-state index in [2.05, 4.69) is 0 Å². The second-order valence-electron chi connectivity index (χ2n) is 6.50. The highest BCUT2D eigenvalue weighted by Gasteiger charge is 2.47. The van der Waals surface area contributed by atoms with Gasteiger partial charge in [-0.25, -0.2) is 0 Å². The number of aliphatic hydroxyl groups excluding tert-OH is 1. The minimum atomic E-state index is -0.596. The van der Waals surface area contributed by atoms with E-state index in [1.165, 1.54) is 0 Å². The maximum Gasteiger partial charge on any atom is 0.184 e. The van der Waals surface area contributed by atoms with E-state index in [1.54, 1.807) is 11.8 Å². The molecule has 25 heavy (non-hydrogen) atoms. The van der Waals surface area contributed by atoms with Crippen molar-refractivity contribution in [2.24, 2.45) is 5.92 Å². The number of benzene rings is 2. The Morgan fingerprint density at radius 3 is 2.36 bits per heavy atom. The molecule has 2 aliphatic rings. The molecule has 2 saturated heterocycles. The molecule has 0 aliphatic carbocycles. The van der Waals surface area contributed by atoms with Crippen molar-refractivity contribution < 1.29 is 19.3 Å². The van der Waals surface area contributed by atoms with E-state index in [9.17, 15) is 5.11 Å². The van der Waals surface area contributed by atoms with Crippen LogP contribution in [0.1, 0.15) is 18.8 Å². The van der Waals surface area contributed by atoms with Crippen molar-refractivity contribution >= 4 is 11.8 Å². The van der Waals surface area contributed by atoms with E-state index in [-0.39, 0.29) is 23.6 Å². The number of thioether (sulfide) groups is 1. The third-order valence-corrected chi connectivity index (χ3v) is 5.94. The van der Waals surface area contributed by atoms with Gasteiger partial charge < -0.3 is 19.3 Å². The van der Waals surface area contributed by atoms with E-state index in [0.717, 1.165) is 10.5 Å². The molecular formula is C20H22O4S. The molecule has 2 heterocycles. The topological polar surface area (TPSA) is 47.9 Å². The molecule has 2 aromatic carbocycles. The zero-order valence-corrected chi connectivity index (χ0v) is 14.8. The smallest absolute Gasteiger partial charge is 0.184 e. The molecule has 6 atom stereocenters. The van der Waals surface area contributed by atoms with Crippen molar-refractivity contribution in [1.82, 2.24) is 0 Å². The van der Waals surface area contributed by atoms with E-state index in [4.69, 9.17) is 14.2 Å². The molecule has 4 rings (SSSR count). The fourth-order valence-electron chi connectivity index (χ4n) is 3.34. The summed E-state index contributed by atoms with van der Waals surface area (Å²) in [7, 11) is 0. The van der Waals surface area contributed by atoms with E-state index in [0.29, 0.717) is 6.61 Å². The van der Waals surface area contributed by atoms with Gasteiger partial charge in [-0.2, -0.15) is 0 Å². The van der Waals surface area contributed by atoms with Gasteiger partial charge in [-0.05, 0) is 12.1 Å². The Morgan fingerprint density at radius 2 is 1.64 bits per heavy atom. The summed E-state index contributed by atoms with van der Waals surface area (Å²) in [5.74, 6) is -0.0323. The van der Waals surface area contributed by atoms with E-state index >= 15 is 0 Å². The van der Waals surface area contributed by atoms with Gasteiger partial charge in [-0.15, -0.1) is 0 Å². The lowest BCUT2D eigenvalue weighted by Gasteiger charge is -2.47. The molecule has 3 unspecified atom stereocenters. The number of ether oxygens (including phenoxy) is 3. The predicted molar refractivity (Wildman–Crippen MR) is 96.1 cm³/mol. The highest BCUT2D eigenvalue weighted by Crippen LogP contribution is 2.41. The number of aliphatic hydroxyl groups is 1. The largest absolute Gasteiger partial charge is 0.389 e. The van der Waals surface area contributed by atoms with E-state index < -0.39 is 12.4 Å². The van der Waals surface area contributed by atoms with Crippen LogP contribution in [0.2, 0.25) is 0 Å². The first-order valence-electron chi connectivity index (χ1n) is 8.59. The first-order chi connectivity index (χ1) is 12.2. The summed E-state index contributed by atoms with van der Waals surface area (Å²) in [6, 6.07) is 19.9. The zero-order chi connectivity index (χ0) is 17.2. The minimum Gasteiger partial charge on any atom is -0.389 e. The Kier molecular flexibility index (Phi) is 5.10. The summed E-state index contributed by atoms with van der Waals surface area (Å²) in [6.45, 7) is 2.49. The maximum atomic E-state index is 10.7. The second-order valence-corrected chi connectivity index (χ2v) is 7.67. The first-order valence-corrected chi connectivity index (χ1v) is 9.47. The summed E-state index contributed by atoms with van der Waals surface area (Å²) in [4.78, 5) is 1.08. The van der Waals surface area contributed by atoms with Crippen LogP contribution in [-0.4, -0.2) is 35.5 Å². The van der Waals surface area contributed by atoms with Crippen LogP contribution in [0, 0.1) is 5.92 Å². The number of rotatable bonds is 3. The van der Waals surface area contributed by atoms with Crippen LogP contribution in [-0.2, 0) is 14.2 Å². The first kappa shape index (κ1) is 17.1. The van der Waals surface area contributed by atoms with Gasteiger partial charge in [-0.1, -0.05) is 67.2 Å². The molecule has 2 aliphatic heterocycles. The predicted octanol–water partition coefficient (Wildman–Crippen LogP) is 3.61. The van der Waals surface area contributed by atoms with Gasteiger partial charge >= 0.3 is 0 Å². The number of hydrogen-bond donors (Lipinski definition) is 1. The highest BCUT2D eigenvalue weighted by atomic mass is 32.2. The molecule has 0 bridgehead atoms. The number of fused-ring (bicyclic) bond motifs is 1. The van der Waals surface area contributed by atoms with Crippen LogP contribution >= 0.6 is 11.8 Å². The van der Waals surface area contributed by atoms with Crippen LogP contribution in [0.3, 0.4) is 0 Å². The molecular weight excluding hydrogens is 336 g/mol. The third kappa shape index (κ3) is 3.61. The van der Waals surface area contributed by atoms with Gasteiger partial charge in [0.15, 0.2) is 6.29 Å². The van der Waals surface area contributed by atoms with Crippen LogP contribution < -0.4 is 0 Å². The van der Waals surface area contributed by atoms with Gasteiger partial charge in [0.25, 0.3) is 0 Å². The SMILES string of the molecule is C[C@@H]1C(O)[C@H](Sc2ccccc2)OC2COC(c3ccccc3)O[C@@H]21. The summed E-state index contributed by atoms with van der Waals surface area (Å²) in [5, 5.41) is 10.7. The summed E-state index contributed by atoms with van der Waals surface area (Å²) in [5.41, 5.74) is 0.669. The fourth-order valence-corrected chi connectivity index (χ4v) is 4.50. The van der Waals surface area contributed by atoms with Crippen LogP contribution in [0.4, 0.5) is 0 Å². The normalized spacial score (nSPS) is 35.1. The van der Waals surface area contributed by atoms with Crippen molar-refractivity contribution in [3.63, 3.8) is 0 Å². The van der Waals surface area contributed by atoms with Crippen molar-refractivity contribution in [2.75, 3.05) is 6.61 Å². The molecule has 0 spiro atoms.